The predicted octanol–water partition coefficient (Wildman–Crippen LogP) is 3.64. The van der Waals surface area contributed by atoms with Crippen LogP contribution in [0.2, 0.25) is 5.02 Å². The van der Waals surface area contributed by atoms with E-state index in [1.807, 2.05) is 6.07 Å². The Hall–Kier alpha value is -3.36. The molecule has 7 nitrogen and oxygen atoms in total. The van der Waals surface area contributed by atoms with E-state index in [1.54, 1.807) is 48.5 Å². The molecule has 3 aromatic rings. The highest BCUT2D eigenvalue weighted by molar-refractivity contribution is 7.15. The molecule has 0 spiro atoms. The molecule has 1 aromatic heterocycles. The number of nitrogens with one attached hydrogen (secondary N) is 1. The largest absolute Gasteiger partial charge is 0.297 e. The van der Waals surface area contributed by atoms with Crippen LogP contribution in [-0.4, -0.2) is 32.8 Å². The van der Waals surface area contributed by atoms with Gasteiger partial charge in [0.05, 0.1) is 17.7 Å². The van der Waals surface area contributed by atoms with Crippen molar-refractivity contribution in [2.75, 3.05) is 5.32 Å². The number of benzene rings is 2. The highest BCUT2D eigenvalue weighted by Crippen LogP contribution is 2.26. The van der Waals surface area contributed by atoms with Crippen molar-refractivity contribution >= 4 is 51.9 Å². The summed E-state index contributed by atoms with van der Waals surface area (Å²) in [5.41, 5.74) is 1.54. The molecule has 144 valence electrons. The number of hydrogen-bond donors (Lipinski definition) is 1. The summed E-state index contributed by atoms with van der Waals surface area (Å²) in [6.45, 7) is -0.00175. The number of amides is 3. The molecule has 0 fully saturated rings. The van der Waals surface area contributed by atoms with Gasteiger partial charge in [-0.15, -0.1) is 10.2 Å². The van der Waals surface area contributed by atoms with E-state index in [0.717, 1.165) is 21.8 Å². The maximum atomic E-state index is 12.4. The number of rotatable bonds is 5. The number of aromatic nitrogens is 2. The fourth-order valence-corrected chi connectivity index (χ4v) is 3.75. The number of carbonyl (C=O) groups is 3. The molecule has 4 rings (SSSR count). The SMILES string of the molecule is O=C(/C=C/c1cccc(Cl)c1)Nc1nnc(CN2C(=O)c3ccccc3C2=O)s1. The second-order valence-corrected chi connectivity index (χ2v) is 7.62. The van der Waals surface area contributed by atoms with Crippen molar-refractivity contribution in [2.45, 2.75) is 6.54 Å². The van der Waals surface area contributed by atoms with E-state index in [1.165, 1.54) is 6.08 Å². The average Bonchev–Trinajstić information content (AvgIpc) is 3.25. The van der Waals surface area contributed by atoms with Gasteiger partial charge in [0.1, 0.15) is 5.01 Å². The van der Waals surface area contributed by atoms with Gasteiger partial charge in [0.25, 0.3) is 11.8 Å². The molecule has 0 saturated heterocycles. The van der Waals surface area contributed by atoms with E-state index in [0.29, 0.717) is 21.2 Å². The van der Waals surface area contributed by atoms with Gasteiger partial charge in [0.2, 0.25) is 11.0 Å². The van der Waals surface area contributed by atoms with Crippen LogP contribution in [0.1, 0.15) is 31.3 Å². The van der Waals surface area contributed by atoms with Crippen LogP contribution in [0.25, 0.3) is 6.08 Å². The molecule has 0 saturated carbocycles. The molecule has 9 heteroatoms. The number of nitrogens with zero attached hydrogens (tertiary/aromatic N) is 3. The van der Waals surface area contributed by atoms with E-state index < -0.39 is 0 Å². The second-order valence-electron chi connectivity index (χ2n) is 6.12. The Morgan fingerprint density at radius 3 is 2.48 bits per heavy atom. The van der Waals surface area contributed by atoms with E-state index in [4.69, 9.17) is 11.6 Å². The van der Waals surface area contributed by atoms with Crippen LogP contribution in [0, 0.1) is 0 Å². The first-order chi connectivity index (χ1) is 14.0. The molecule has 3 amide bonds. The standard InChI is InChI=1S/C20H13ClN4O3S/c21-13-5-3-4-12(10-13)8-9-16(26)22-20-24-23-17(29-20)11-25-18(27)14-6-1-2-7-15(14)19(25)28/h1-10H,11H2,(H,22,24,26)/b9-8+. The highest BCUT2D eigenvalue weighted by Gasteiger charge is 2.35. The molecular formula is C20H13ClN4O3S. The maximum absolute atomic E-state index is 12.4. The minimum Gasteiger partial charge on any atom is -0.297 e. The monoisotopic (exact) mass is 424 g/mol. The molecule has 29 heavy (non-hydrogen) atoms. The number of fused-ring (bicyclic) bond motifs is 1. The van der Waals surface area contributed by atoms with Crippen LogP contribution in [0.15, 0.2) is 54.6 Å². The maximum Gasteiger partial charge on any atom is 0.261 e. The first-order valence-electron chi connectivity index (χ1n) is 8.53. The first kappa shape index (κ1) is 19.0. The molecule has 1 aliphatic rings. The fourth-order valence-electron chi connectivity index (χ4n) is 2.82. The summed E-state index contributed by atoms with van der Waals surface area (Å²) in [7, 11) is 0. The Kier molecular flexibility index (Phi) is 5.20. The van der Waals surface area contributed by atoms with Crippen LogP contribution in [0.5, 0.6) is 0 Å². The lowest BCUT2D eigenvalue weighted by Crippen LogP contribution is -2.29. The van der Waals surface area contributed by atoms with Crippen molar-refractivity contribution in [2.24, 2.45) is 0 Å². The lowest BCUT2D eigenvalue weighted by atomic mass is 10.1. The average molecular weight is 425 g/mol. The smallest absolute Gasteiger partial charge is 0.261 e. The van der Waals surface area contributed by atoms with E-state index in [9.17, 15) is 14.4 Å². The van der Waals surface area contributed by atoms with E-state index in [-0.39, 0.29) is 29.4 Å². The van der Waals surface area contributed by atoms with Crippen molar-refractivity contribution in [3.63, 3.8) is 0 Å². The predicted molar refractivity (Wildman–Crippen MR) is 110 cm³/mol. The fraction of sp³-hybridized carbons (Fsp3) is 0.0500. The summed E-state index contributed by atoms with van der Waals surface area (Å²) >= 11 is 7.01. The first-order valence-corrected chi connectivity index (χ1v) is 9.73. The highest BCUT2D eigenvalue weighted by atomic mass is 35.5. The number of halogens is 1. The van der Waals surface area contributed by atoms with Gasteiger partial charge < -0.3 is 0 Å². The zero-order valence-corrected chi connectivity index (χ0v) is 16.4. The molecule has 0 radical (unpaired) electrons. The van der Waals surface area contributed by atoms with Gasteiger partial charge in [-0.1, -0.05) is 47.2 Å². The topological polar surface area (TPSA) is 92.3 Å². The molecule has 2 heterocycles. The molecule has 1 N–H and O–H groups in total. The Balaban J connectivity index is 1.40. The molecule has 0 unspecified atom stereocenters. The quantitative estimate of drug-likeness (QED) is 0.498. The summed E-state index contributed by atoms with van der Waals surface area (Å²) in [4.78, 5) is 38.0. The molecule has 2 aromatic carbocycles. The zero-order valence-electron chi connectivity index (χ0n) is 14.8. The number of carbonyl (C=O) groups excluding carboxylic acids is 3. The van der Waals surface area contributed by atoms with E-state index in [2.05, 4.69) is 15.5 Å². The summed E-state index contributed by atoms with van der Waals surface area (Å²) in [6.07, 6.45) is 2.98. The Labute approximate surface area is 174 Å². The van der Waals surface area contributed by atoms with Gasteiger partial charge in [-0.3, -0.25) is 24.6 Å². The number of hydrogen-bond acceptors (Lipinski definition) is 6. The minimum absolute atomic E-state index is 0.00175. The molecular weight excluding hydrogens is 412 g/mol. The van der Waals surface area contributed by atoms with Gasteiger partial charge in [0.15, 0.2) is 0 Å². The van der Waals surface area contributed by atoms with Crippen molar-refractivity contribution in [1.82, 2.24) is 15.1 Å². The second kappa shape index (κ2) is 7.94. The van der Waals surface area contributed by atoms with Crippen molar-refractivity contribution in [3.05, 3.63) is 81.3 Å². The Morgan fingerprint density at radius 1 is 1.07 bits per heavy atom. The van der Waals surface area contributed by atoms with Gasteiger partial charge in [0, 0.05) is 11.1 Å². The third-order valence-electron chi connectivity index (χ3n) is 4.14. The summed E-state index contributed by atoms with van der Waals surface area (Å²) in [5, 5.41) is 11.8. The zero-order chi connectivity index (χ0) is 20.4. The minimum atomic E-state index is -0.381. The van der Waals surface area contributed by atoms with Gasteiger partial charge in [-0.25, -0.2) is 0 Å². The molecule has 0 bridgehead atoms. The Morgan fingerprint density at radius 2 is 1.79 bits per heavy atom. The van der Waals surface area contributed by atoms with E-state index >= 15 is 0 Å². The van der Waals surface area contributed by atoms with Crippen LogP contribution >= 0.6 is 22.9 Å². The third kappa shape index (κ3) is 4.08. The number of anilines is 1. The normalized spacial score (nSPS) is 13.2. The summed E-state index contributed by atoms with van der Waals surface area (Å²) in [5.74, 6) is -1.11. The van der Waals surface area contributed by atoms with Crippen molar-refractivity contribution in [1.29, 1.82) is 0 Å². The summed E-state index contributed by atoms with van der Waals surface area (Å²) < 4.78 is 0. The molecule has 0 aliphatic carbocycles. The van der Waals surface area contributed by atoms with Crippen LogP contribution in [0.3, 0.4) is 0 Å². The number of imide groups is 1. The lowest BCUT2D eigenvalue weighted by Gasteiger charge is -2.10. The van der Waals surface area contributed by atoms with Crippen molar-refractivity contribution in [3.8, 4) is 0 Å². The van der Waals surface area contributed by atoms with Crippen LogP contribution in [0.4, 0.5) is 5.13 Å². The molecule has 0 atom stereocenters. The summed E-state index contributed by atoms with van der Waals surface area (Å²) in [6, 6.07) is 13.7. The third-order valence-corrected chi connectivity index (χ3v) is 5.20. The van der Waals surface area contributed by atoms with Gasteiger partial charge in [-0.2, -0.15) is 0 Å². The van der Waals surface area contributed by atoms with Crippen LogP contribution in [-0.2, 0) is 11.3 Å². The van der Waals surface area contributed by atoms with Crippen molar-refractivity contribution < 1.29 is 14.4 Å². The molecule has 1 aliphatic heterocycles. The van der Waals surface area contributed by atoms with Gasteiger partial charge in [-0.05, 0) is 35.9 Å². The van der Waals surface area contributed by atoms with Crippen LogP contribution < -0.4 is 5.32 Å². The van der Waals surface area contributed by atoms with Gasteiger partial charge >= 0.3 is 0 Å². The Bertz CT molecular complexity index is 1120. The lowest BCUT2D eigenvalue weighted by molar-refractivity contribution is -0.111.